The minimum absolute atomic E-state index is 0.124. The molecule has 4 rings (SSSR count). The molecule has 1 aromatic carbocycles. The molecule has 1 saturated carbocycles. The number of benzene rings is 1. The molecule has 2 heterocycles. The normalized spacial score (nSPS) is 21.4. The van der Waals surface area contributed by atoms with Gasteiger partial charge in [0, 0.05) is 5.39 Å². The van der Waals surface area contributed by atoms with Gasteiger partial charge in [-0.25, -0.2) is 0 Å². The number of aliphatic hydroxyl groups is 1. The molecule has 1 saturated heterocycles. The maximum absolute atomic E-state index is 12.2. The number of amides is 1. The number of likely N-dealkylation sites (tertiary alicyclic amines) is 1. The summed E-state index contributed by atoms with van der Waals surface area (Å²) >= 11 is 0. The largest absolute Gasteiger partial charge is 0.451 e. The third-order valence-corrected chi connectivity index (χ3v) is 4.19. The summed E-state index contributed by atoms with van der Waals surface area (Å²) in [5.41, 5.74) is 0.0885. The lowest BCUT2D eigenvalue weighted by molar-refractivity contribution is -0.0964. The van der Waals surface area contributed by atoms with Gasteiger partial charge in [0.15, 0.2) is 5.76 Å². The smallest absolute Gasteiger partial charge is 0.289 e. The van der Waals surface area contributed by atoms with Crippen LogP contribution in [0.5, 0.6) is 0 Å². The van der Waals surface area contributed by atoms with E-state index in [0.717, 1.165) is 23.8 Å². The highest BCUT2D eigenvalue weighted by Crippen LogP contribution is 2.44. The molecule has 0 radical (unpaired) electrons. The first-order chi connectivity index (χ1) is 9.16. The van der Waals surface area contributed by atoms with Crippen LogP contribution in [-0.4, -0.2) is 34.6 Å². The first-order valence-electron chi connectivity index (χ1n) is 6.66. The molecule has 2 aliphatic rings. The second-order valence-electron chi connectivity index (χ2n) is 5.69. The molecule has 4 nitrogen and oxygen atoms in total. The summed E-state index contributed by atoms with van der Waals surface area (Å²) in [4.78, 5) is 13.9. The van der Waals surface area contributed by atoms with Crippen LogP contribution in [0, 0.1) is 5.92 Å². The van der Waals surface area contributed by atoms with Crippen molar-refractivity contribution in [3.63, 3.8) is 0 Å². The Morgan fingerprint density at radius 1 is 1.32 bits per heavy atom. The molecule has 2 fully saturated rings. The number of carbonyl (C=O) groups is 1. The van der Waals surface area contributed by atoms with Crippen molar-refractivity contribution in [2.45, 2.75) is 18.4 Å². The monoisotopic (exact) mass is 257 g/mol. The molecule has 0 spiro atoms. The van der Waals surface area contributed by atoms with E-state index in [-0.39, 0.29) is 5.91 Å². The summed E-state index contributed by atoms with van der Waals surface area (Å²) < 4.78 is 5.56. The molecule has 0 atom stereocenters. The number of rotatable bonds is 2. The molecule has 19 heavy (non-hydrogen) atoms. The van der Waals surface area contributed by atoms with Crippen LogP contribution in [0.2, 0.25) is 0 Å². The van der Waals surface area contributed by atoms with Crippen molar-refractivity contribution >= 4 is 16.9 Å². The van der Waals surface area contributed by atoms with E-state index in [1.54, 1.807) is 11.0 Å². The highest BCUT2D eigenvalue weighted by molar-refractivity contribution is 5.96. The van der Waals surface area contributed by atoms with Crippen molar-refractivity contribution in [1.82, 2.24) is 4.90 Å². The van der Waals surface area contributed by atoms with Gasteiger partial charge in [-0.1, -0.05) is 18.2 Å². The second-order valence-corrected chi connectivity index (χ2v) is 5.69. The topological polar surface area (TPSA) is 53.7 Å². The van der Waals surface area contributed by atoms with Gasteiger partial charge in [-0.05, 0) is 30.9 Å². The lowest BCUT2D eigenvalue weighted by Crippen LogP contribution is -2.64. The van der Waals surface area contributed by atoms with Gasteiger partial charge in [0.1, 0.15) is 11.2 Å². The van der Waals surface area contributed by atoms with Crippen LogP contribution in [0.4, 0.5) is 0 Å². The SMILES string of the molecule is O=C(c1cc2ccccc2o1)N1CC(O)(C2CC2)C1. The second kappa shape index (κ2) is 3.61. The van der Waals surface area contributed by atoms with Crippen LogP contribution in [-0.2, 0) is 0 Å². The van der Waals surface area contributed by atoms with E-state index < -0.39 is 5.60 Å². The Hall–Kier alpha value is -1.81. The average molecular weight is 257 g/mol. The van der Waals surface area contributed by atoms with Gasteiger partial charge in [-0.3, -0.25) is 4.79 Å². The van der Waals surface area contributed by atoms with Crippen LogP contribution < -0.4 is 0 Å². The molecule has 0 bridgehead atoms. The molecule has 1 N–H and O–H groups in total. The van der Waals surface area contributed by atoms with Crippen molar-refractivity contribution in [2.24, 2.45) is 5.92 Å². The molecule has 4 heteroatoms. The third-order valence-electron chi connectivity index (χ3n) is 4.19. The minimum atomic E-state index is -0.637. The van der Waals surface area contributed by atoms with E-state index >= 15 is 0 Å². The Kier molecular flexibility index (Phi) is 2.10. The zero-order chi connectivity index (χ0) is 13.0. The van der Waals surface area contributed by atoms with Crippen LogP contribution in [0.1, 0.15) is 23.4 Å². The van der Waals surface area contributed by atoms with Crippen molar-refractivity contribution in [2.75, 3.05) is 13.1 Å². The summed E-state index contributed by atoms with van der Waals surface area (Å²) in [6.07, 6.45) is 2.17. The maximum atomic E-state index is 12.2. The zero-order valence-electron chi connectivity index (χ0n) is 10.5. The van der Waals surface area contributed by atoms with Gasteiger partial charge < -0.3 is 14.4 Å². The first kappa shape index (κ1) is 11.1. The van der Waals surface area contributed by atoms with Crippen LogP contribution >= 0.6 is 0 Å². The van der Waals surface area contributed by atoms with E-state index in [1.165, 1.54) is 0 Å². The fraction of sp³-hybridized carbons (Fsp3) is 0.400. The number of hydrogen-bond donors (Lipinski definition) is 1. The quantitative estimate of drug-likeness (QED) is 0.895. The Morgan fingerprint density at radius 2 is 2.05 bits per heavy atom. The highest BCUT2D eigenvalue weighted by Gasteiger charge is 2.53. The van der Waals surface area contributed by atoms with Crippen molar-refractivity contribution in [3.05, 3.63) is 36.1 Å². The van der Waals surface area contributed by atoms with E-state index in [1.807, 2.05) is 24.3 Å². The van der Waals surface area contributed by atoms with Crippen LogP contribution in [0.3, 0.4) is 0 Å². The molecule has 1 aliphatic heterocycles. The maximum Gasteiger partial charge on any atom is 0.289 e. The van der Waals surface area contributed by atoms with E-state index in [2.05, 4.69) is 0 Å². The van der Waals surface area contributed by atoms with Crippen molar-refractivity contribution in [1.29, 1.82) is 0 Å². The summed E-state index contributed by atoms with van der Waals surface area (Å²) in [7, 11) is 0. The molecule has 1 amide bonds. The number of carbonyl (C=O) groups excluding carboxylic acids is 1. The molecular weight excluding hydrogens is 242 g/mol. The zero-order valence-corrected chi connectivity index (χ0v) is 10.5. The predicted octanol–water partition coefficient (Wildman–Crippen LogP) is 2.03. The summed E-state index contributed by atoms with van der Waals surface area (Å²) in [6, 6.07) is 9.35. The Bertz CT molecular complexity index is 617. The number of para-hydroxylation sites is 1. The van der Waals surface area contributed by atoms with E-state index in [9.17, 15) is 9.90 Å². The van der Waals surface area contributed by atoms with Gasteiger partial charge in [0.05, 0.1) is 13.1 Å². The van der Waals surface area contributed by atoms with Gasteiger partial charge in [0.2, 0.25) is 0 Å². The summed E-state index contributed by atoms with van der Waals surface area (Å²) in [6.45, 7) is 0.876. The molecule has 2 aromatic rings. The standard InChI is InChI=1S/C15H15NO3/c17-14(16-8-15(18,9-16)11-5-6-11)13-7-10-3-1-2-4-12(10)19-13/h1-4,7,11,18H,5-6,8-9H2. The molecule has 1 aliphatic carbocycles. The molecule has 98 valence electrons. The predicted molar refractivity (Wildman–Crippen MR) is 69.8 cm³/mol. The minimum Gasteiger partial charge on any atom is -0.451 e. The number of hydrogen-bond acceptors (Lipinski definition) is 3. The van der Waals surface area contributed by atoms with Crippen molar-refractivity contribution in [3.8, 4) is 0 Å². The molecular formula is C15H15NO3. The highest BCUT2D eigenvalue weighted by atomic mass is 16.3. The molecule has 1 aromatic heterocycles. The molecule has 0 unspecified atom stereocenters. The van der Waals surface area contributed by atoms with Crippen molar-refractivity contribution < 1.29 is 14.3 Å². The van der Waals surface area contributed by atoms with E-state index in [0.29, 0.717) is 24.8 Å². The number of β-amino-alcohol motifs (C(OH)–C–C–N with tert-alkyl or cyclic N) is 1. The van der Waals surface area contributed by atoms with E-state index in [4.69, 9.17) is 4.42 Å². The van der Waals surface area contributed by atoms with Gasteiger partial charge >= 0.3 is 0 Å². The average Bonchev–Trinajstić information content (AvgIpc) is 3.13. The Morgan fingerprint density at radius 3 is 2.74 bits per heavy atom. The number of furan rings is 1. The lowest BCUT2D eigenvalue weighted by Gasteiger charge is -2.46. The number of fused-ring (bicyclic) bond motifs is 1. The van der Waals surface area contributed by atoms with Gasteiger partial charge in [-0.15, -0.1) is 0 Å². The third kappa shape index (κ3) is 1.67. The van der Waals surface area contributed by atoms with Crippen LogP contribution in [0.15, 0.2) is 34.7 Å². The summed E-state index contributed by atoms with van der Waals surface area (Å²) in [5.74, 6) is 0.632. The Balaban J connectivity index is 1.54. The Labute approximate surface area is 110 Å². The van der Waals surface area contributed by atoms with Crippen LogP contribution in [0.25, 0.3) is 11.0 Å². The first-order valence-corrected chi connectivity index (χ1v) is 6.66. The van der Waals surface area contributed by atoms with Gasteiger partial charge in [0.25, 0.3) is 5.91 Å². The lowest BCUT2D eigenvalue weighted by atomic mass is 9.88. The fourth-order valence-electron chi connectivity index (χ4n) is 2.88. The van der Waals surface area contributed by atoms with Gasteiger partial charge in [-0.2, -0.15) is 0 Å². The number of nitrogens with zero attached hydrogens (tertiary/aromatic N) is 1. The fourth-order valence-corrected chi connectivity index (χ4v) is 2.88. The summed E-state index contributed by atoms with van der Waals surface area (Å²) in [5, 5.41) is 11.2.